The van der Waals surface area contributed by atoms with Gasteiger partial charge < -0.3 is 14.8 Å². The Balaban J connectivity index is 1.35. The maximum Gasteiger partial charge on any atom is 0.263 e. The van der Waals surface area contributed by atoms with Gasteiger partial charge in [0.25, 0.3) is 5.91 Å². The number of para-hydroxylation sites is 2. The number of nitrogens with one attached hydrogen (secondary N) is 1. The normalized spacial score (nSPS) is 15.9. The van der Waals surface area contributed by atoms with Crippen LogP contribution in [0, 0.1) is 0 Å². The predicted octanol–water partition coefficient (Wildman–Crippen LogP) is 2.56. The number of anilines is 1. The summed E-state index contributed by atoms with van der Waals surface area (Å²) >= 11 is 0. The minimum Gasteiger partial charge on any atom is -0.492 e. The highest BCUT2D eigenvalue weighted by Gasteiger charge is 2.34. The lowest BCUT2D eigenvalue weighted by Crippen LogP contribution is -2.51. The average Bonchev–Trinajstić information content (AvgIpc) is 2.75. The molecule has 0 saturated heterocycles. The Hall–Kier alpha value is -3.26. The van der Waals surface area contributed by atoms with E-state index in [1.165, 1.54) is 4.31 Å². The van der Waals surface area contributed by atoms with Crippen LogP contribution in [0.1, 0.15) is 0 Å². The number of sulfonamides is 1. The molecule has 0 spiro atoms. The highest BCUT2D eigenvalue weighted by Crippen LogP contribution is 2.34. The molecule has 1 amide bonds. The molecule has 1 aliphatic heterocycles. The molecule has 0 aromatic heterocycles. The van der Waals surface area contributed by atoms with Gasteiger partial charge in [0.1, 0.15) is 18.1 Å². The molecule has 1 aliphatic rings. The molecule has 156 valence electrons. The number of amides is 1. The first-order chi connectivity index (χ1) is 14.4. The molecule has 3 aromatic carbocycles. The number of fused-ring (bicyclic) bond motifs is 2. The van der Waals surface area contributed by atoms with Gasteiger partial charge in [0.2, 0.25) is 10.0 Å². The molecule has 0 saturated carbocycles. The highest BCUT2D eigenvalue weighted by atomic mass is 32.2. The Bertz CT molecular complexity index is 1180. The van der Waals surface area contributed by atoms with E-state index in [9.17, 15) is 13.2 Å². The van der Waals surface area contributed by atoms with E-state index in [2.05, 4.69) is 5.32 Å². The van der Waals surface area contributed by atoms with Crippen LogP contribution in [0.3, 0.4) is 0 Å². The molecule has 0 unspecified atom stereocenters. The lowest BCUT2D eigenvalue weighted by atomic mass is 10.1. The summed E-state index contributed by atoms with van der Waals surface area (Å²) in [4.78, 5) is 12.6. The number of benzene rings is 3. The molecule has 4 rings (SSSR count). The first-order valence-corrected chi connectivity index (χ1v) is 11.4. The van der Waals surface area contributed by atoms with Gasteiger partial charge in [-0.2, -0.15) is 0 Å². The molecule has 7 nitrogen and oxygen atoms in total. The summed E-state index contributed by atoms with van der Waals surface area (Å²) < 4.78 is 36.9. The van der Waals surface area contributed by atoms with Crippen LogP contribution in [0.5, 0.6) is 11.5 Å². The maximum atomic E-state index is 12.6. The number of rotatable bonds is 6. The molecule has 3 aromatic rings. The average molecular weight is 426 g/mol. The van der Waals surface area contributed by atoms with E-state index in [1.54, 1.807) is 24.3 Å². The first kappa shape index (κ1) is 20.0. The molecular formula is C22H22N2O5S. The minimum atomic E-state index is -3.54. The van der Waals surface area contributed by atoms with Gasteiger partial charge in [0, 0.05) is 0 Å². The van der Waals surface area contributed by atoms with Crippen molar-refractivity contribution in [1.29, 1.82) is 0 Å². The van der Waals surface area contributed by atoms with Crippen molar-refractivity contribution in [1.82, 2.24) is 5.32 Å². The van der Waals surface area contributed by atoms with Crippen molar-refractivity contribution in [2.24, 2.45) is 0 Å². The fourth-order valence-corrected chi connectivity index (χ4v) is 4.28. The Labute approximate surface area is 175 Å². The van der Waals surface area contributed by atoms with Crippen LogP contribution in [0.2, 0.25) is 0 Å². The van der Waals surface area contributed by atoms with Gasteiger partial charge in [-0.15, -0.1) is 0 Å². The quantitative estimate of drug-likeness (QED) is 0.613. The van der Waals surface area contributed by atoms with Crippen LogP contribution in [-0.4, -0.2) is 46.4 Å². The summed E-state index contributed by atoms with van der Waals surface area (Å²) in [5.41, 5.74) is 0.434. The minimum absolute atomic E-state index is 0.0762. The number of hydrogen-bond donors (Lipinski definition) is 1. The lowest BCUT2D eigenvalue weighted by molar-refractivity contribution is -0.127. The van der Waals surface area contributed by atoms with Crippen molar-refractivity contribution in [2.45, 2.75) is 6.10 Å². The molecule has 0 radical (unpaired) electrons. The van der Waals surface area contributed by atoms with Gasteiger partial charge in [-0.1, -0.05) is 42.5 Å². The summed E-state index contributed by atoms with van der Waals surface area (Å²) in [6, 6.07) is 20.6. The van der Waals surface area contributed by atoms with Crippen LogP contribution in [-0.2, 0) is 14.8 Å². The Morgan fingerprint density at radius 1 is 1.10 bits per heavy atom. The van der Waals surface area contributed by atoms with Crippen LogP contribution >= 0.6 is 0 Å². The van der Waals surface area contributed by atoms with E-state index in [0.29, 0.717) is 17.2 Å². The maximum absolute atomic E-state index is 12.6. The molecule has 1 N–H and O–H groups in total. The van der Waals surface area contributed by atoms with Gasteiger partial charge in [0.15, 0.2) is 6.10 Å². The second kappa shape index (κ2) is 8.23. The SMILES string of the molecule is CS(=O)(=O)N1C[C@@H](C(=O)NCCOc2ccc3ccccc3c2)Oc2ccccc21. The van der Waals surface area contributed by atoms with Crippen molar-refractivity contribution in [3.05, 3.63) is 66.7 Å². The second-order valence-corrected chi connectivity index (χ2v) is 8.92. The Morgan fingerprint density at radius 3 is 2.63 bits per heavy atom. The topological polar surface area (TPSA) is 84.9 Å². The van der Waals surface area contributed by atoms with Gasteiger partial charge in [-0.3, -0.25) is 9.10 Å². The van der Waals surface area contributed by atoms with Crippen LogP contribution in [0.4, 0.5) is 5.69 Å². The first-order valence-electron chi connectivity index (χ1n) is 9.54. The monoisotopic (exact) mass is 426 g/mol. The van der Waals surface area contributed by atoms with Crippen LogP contribution < -0.4 is 19.1 Å². The van der Waals surface area contributed by atoms with Gasteiger partial charge in [0.05, 0.1) is 25.0 Å². The summed E-state index contributed by atoms with van der Waals surface area (Å²) in [6.45, 7) is 0.475. The third kappa shape index (κ3) is 4.33. The number of ether oxygens (including phenoxy) is 2. The van der Waals surface area contributed by atoms with Crippen molar-refractivity contribution < 1.29 is 22.7 Å². The summed E-state index contributed by atoms with van der Waals surface area (Å²) in [6.07, 6.45) is 0.178. The van der Waals surface area contributed by atoms with E-state index >= 15 is 0 Å². The molecule has 0 fully saturated rings. The lowest BCUT2D eigenvalue weighted by Gasteiger charge is -2.33. The molecule has 0 aliphatic carbocycles. The van der Waals surface area contributed by atoms with Gasteiger partial charge >= 0.3 is 0 Å². The van der Waals surface area contributed by atoms with E-state index in [1.807, 2.05) is 42.5 Å². The fraction of sp³-hybridized carbons (Fsp3) is 0.227. The molecule has 0 bridgehead atoms. The number of carbonyl (C=O) groups is 1. The third-order valence-corrected chi connectivity index (χ3v) is 5.96. The largest absolute Gasteiger partial charge is 0.492 e. The summed E-state index contributed by atoms with van der Waals surface area (Å²) in [5.74, 6) is 0.691. The number of nitrogens with zero attached hydrogens (tertiary/aromatic N) is 1. The van der Waals surface area contributed by atoms with E-state index in [-0.39, 0.29) is 25.6 Å². The van der Waals surface area contributed by atoms with Crippen molar-refractivity contribution in [3.63, 3.8) is 0 Å². The third-order valence-electron chi connectivity index (χ3n) is 4.82. The molecular weight excluding hydrogens is 404 g/mol. The Kier molecular flexibility index (Phi) is 5.50. The molecule has 1 atom stereocenters. The number of hydrogen-bond acceptors (Lipinski definition) is 5. The summed E-state index contributed by atoms with van der Waals surface area (Å²) in [7, 11) is -3.54. The van der Waals surface area contributed by atoms with Crippen molar-refractivity contribution >= 4 is 32.4 Å². The van der Waals surface area contributed by atoms with Gasteiger partial charge in [-0.05, 0) is 35.0 Å². The molecule has 30 heavy (non-hydrogen) atoms. The second-order valence-electron chi connectivity index (χ2n) is 7.02. The van der Waals surface area contributed by atoms with E-state index in [0.717, 1.165) is 17.0 Å². The zero-order valence-electron chi connectivity index (χ0n) is 16.4. The number of carbonyl (C=O) groups excluding carboxylic acids is 1. The smallest absolute Gasteiger partial charge is 0.263 e. The van der Waals surface area contributed by atoms with E-state index in [4.69, 9.17) is 9.47 Å². The fourth-order valence-electron chi connectivity index (χ4n) is 3.37. The standard InChI is InChI=1S/C22H22N2O5S/c1-30(26,27)24-15-21(29-20-9-5-4-8-19(20)24)22(25)23-12-13-28-18-11-10-16-6-2-3-7-17(16)14-18/h2-11,14,21H,12-13,15H2,1H3,(H,23,25)/t21-/m0/s1. The molecule has 8 heteroatoms. The highest BCUT2D eigenvalue weighted by molar-refractivity contribution is 7.92. The van der Waals surface area contributed by atoms with Crippen LogP contribution in [0.15, 0.2) is 66.7 Å². The van der Waals surface area contributed by atoms with E-state index < -0.39 is 16.1 Å². The summed E-state index contributed by atoms with van der Waals surface area (Å²) in [5, 5.41) is 4.96. The van der Waals surface area contributed by atoms with Gasteiger partial charge in [-0.25, -0.2) is 8.42 Å². The van der Waals surface area contributed by atoms with Crippen molar-refractivity contribution in [2.75, 3.05) is 30.3 Å². The Morgan fingerprint density at radius 2 is 1.83 bits per heavy atom. The predicted molar refractivity (Wildman–Crippen MR) is 116 cm³/mol. The zero-order chi connectivity index (χ0) is 21.1. The van der Waals surface area contributed by atoms with Crippen molar-refractivity contribution in [3.8, 4) is 11.5 Å². The molecule has 1 heterocycles. The van der Waals surface area contributed by atoms with Crippen LogP contribution in [0.25, 0.3) is 10.8 Å². The zero-order valence-corrected chi connectivity index (χ0v) is 17.3.